The maximum absolute atomic E-state index is 13.3. The molecule has 38 N–H and O–H groups in total. The van der Waals surface area contributed by atoms with Crippen LogP contribution in [-0.4, -0.2) is 621 Å². The highest BCUT2D eigenvalue weighted by molar-refractivity contribution is 5.77. The standard InChI is InChI=1S/C84H141N5O60/c1-23-29(103)9-83(80(124)125,148-63(23)46(107)31(105)11-90)130-20-39-49(110)56(117)60(121)75(139-39)142-65-35(15-94)136-73(44(54(65)115)88-27(5)101)146-69-58(119)47(108)32(12-91)132-78(69)129-19-38-51(112)68(62(123)77(138-38)144-67-37(17-96)135-72(43(53(67)114)87-26(4)100)141-64-34(14-93)134-71(128-8-7-85)42(52(64)113)86-25(3)99)145-79-70(59(120)48(109)33(13-92)133-79)147-74-45(89-28(6)102)55(116)66(36(16-95)137-74)143-76-61(122)57(118)50(111)40(140-76)21-131-84(81(126)127)10-30(104)24(2)82(22-98,149-84)41(106)18-97/h23-24,29-79,90-98,103-123H,7-22,85H2,1-6H3,(H,86,99)(H,87,100)(H,88,101)(H,89,102)(H,124,125)(H,126,127)/t23?,24?,29?,30?,31-,32?,33?,34?,35?,36?,37?,38?,39?,40?,41-,42?,43?,44?,45?,46-,47?,48?,49?,50?,51?,52?,53?,54?,55?,56?,57?,58?,59?,60?,61?,62?,63?,64?,65?,66?,67?,68?,69?,70?,71?,72?,73?,74?,75?,76?,77?,78?,79?,82?,83?,84?/m1/s1. The van der Waals surface area contributed by atoms with Crippen LogP contribution >= 0.6 is 0 Å². The first-order valence-corrected chi connectivity index (χ1v) is 47.7. The van der Waals surface area contributed by atoms with Crippen molar-refractivity contribution in [1.82, 2.24) is 21.3 Å². The van der Waals surface area contributed by atoms with Crippen molar-refractivity contribution < 1.29 is 296 Å². The molecule has 0 bridgehead atoms. The summed E-state index contributed by atoms with van der Waals surface area (Å²) in [5, 5.41) is 370. The second-order valence-electron chi connectivity index (χ2n) is 38.1. The molecule has 149 heavy (non-hydrogen) atoms. The number of amides is 4. The molecule has 11 aliphatic heterocycles. The molecule has 0 aliphatic carbocycles. The van der Waals surface area contributed by atoms with E-state index in [0.717, 1.165) is 27.7 Å². The average Bonchev–Trinajstić information content (AvgIpc) is 0.736. The largest absolute Gasteiger partial charge is 0.477 e. The Balaban J connectivity index is 0.896. The van der Waals surface area contributed by atoms with E-state index in [2.05, 4.69) is 21.3 Å². The molecule has 11 aliphatic rings. The second-order valence-corrected chi connectivity index (χ2v) is 38.1. The molecule has 53 unspecified atom stereocenters. The van der Waals surface area contributed by atoms with E-state index in [4.69, 9.17) is 110 Å². The molecular weight excluding hydrogens is 2040 g/mol. The molecule has 0 spiro atoms. The summed E-state index contributed by atoms with van der Waals surface area (Å²) in [7, 11) is 0. The molecule has 0 aromatic rings. The topological polar surface area (TPSA) is 1030 Å². The summed E-state index contributed by atoms with van der Waals surface area (Å²) in [5.74, 6) is -16.3. The molecule has 65 nitrogen and oxygen atoms in total. The van der Waals surface area contributed by atoms with Crippen molar-refractivity contribution in [2.45, 2.75) is 384 Å². The van der Waals surface area contributed by atoms with Crippen LogP contribution in [0.2, 0.25) is 0 Å². The second kappa shape index (κ2) is 53.4. The number of aliphatic carboxylic acids is 2. The van der Waals surface area contributed by atoms with Gasteiger partial charge in [0.2, 0.25) is 23.6 Å². The van der Waals surface area contributed by atoms with Crippen molar-refractivity contribution in [3.63, 3.8) is 0 Å². The predicted molar refractivity (Wildman–Crippen MR) is 462 cm³/mol. The number of nitrogens with two attached hydrogens (primary N) is 1. The van der Waals surface area contributed by atoms with E-state index >= 15 is 0 Å². The number of hydrogen-bond acceptors (Lipinski definition) is 59. The summed E-state index contributed by atoms with van der Waals surface area (Å²) in [5.41, 5.74) is 3.20. The Kier molecular flexibility index (Phi) is 44.4. The van der Waals surface area contributed by atoms with Gasteiger partial charge in [0.25, 0.3) is 11.6 Å². The first-order valence-electron chi connectivity index (χ1n) is 47.7. The smallest absolute Gasteiger partial charge is 0.364 e. The Morgan fingerprint density at radius 2 is 0.671 bits per heavy atom. The summed E-state index contributed by atoms with van der Waals surface area (Å²) in [6, 6.07) is -7.77. The lowest BCUT2D eigenvalue weighted by Gasteiger charge is -2.52. The Hall–Kier alpha value is -5.30. The zero-order valence-corrected chi connectivity index (χ0v) is 80.7. The molecule has 11 rings (SSSR count). The number of rotatable bonds is 44. The van der Waals surface area contributed by atoms with Crippen molar-refractivity contribution in [2.75, 3.05) is 92.4 Å². The minimum absolute atomic E-state index is 0.114. The van der Waals surface area contributed by atoms with Crippen LogP contribution in [0.25, 0.3) is 0 Å². The van der Waals surface area contributed by atoms with Crippen LogP contribution < -0.4 is 27.0 Å². The van der Waals surface area contributed by atoms with Gasteiger partial charge in [-0.1, -0.05) is 13.8 Å². The molecule has 0 radical (unpaired) electrons. The number of ether oxygens (including phenoxy) is 22. The monoisotopic (exact) mass is 2180 g/mol. The van der Waals surface area contributed by atoms with E-state index in [1.807, 2.05) is 0 Å². The number of carbonyl (C=O) groups excluding carboxylic acids is 4. The number of carboxylic acid groups (broad SMARTS) is 2. The molecular formula is C84H141N5O60. The first kappa shape index (κ1) is 124. The molecule has 56 atom stereocenters. The van der Waals surface area contributed by atoms with Gasteiger partial charge >= 0.3 is 11.9 Å². The number of carbonyl (C=O) groups is 6. The van der Waals surface area contributed by atoms with Gasteiger partial charge in [-0.2, -0.15) is 0 Å². The van der Waals surface area contributed by atoms with Crippen LogP contribution in [0.3, 0.4) is 0 Å². The van der Waals surface area contributed by atoms with Crippen molar-refractivity contribution in [2.24, 2.45) is 17.6 Å². The third-order valence-corrected chi connectivity index (χ3v) is 28.0. The van der Waals surface area contributed by atoms with Gasteiger partial charge in [0, 0.05) is 58.9 Å². The fourth-order valence-corrected chi connectivity index (χ4v) is 19.5. The third-order valence-electron chi connectivity index (χ3n) is 28.0. The fraction of sp³-hybridized carbons (Fsp3) is 0.929. The van der Waals surface area contributed by atoms with E-state index in [9.17, 15) is 192 Å². The zero-order chi connectivity index (χ0) is 110. The van der Waals surface area contributed by atoms with E-state index < -0.39 is 469 Å². The predicted octanol–water partition coefficient (Wildman–Crippen LogP) is -23.5. The molecule has 0 saturated carbocycles. The summed E-state index contributed by atoms with van der Waals surface area (Å²) < 4.78 is 131. The fourth-order valence-electron chi connectivity index (χ4n) is 19.5. The van der Waals surface area contributed by atoms with Gasteiger partial charge in [-0.05, 0) is 0 Å². The molecule has 0 aromatic heterocycles. The van der Waals surface area contributed by atoms with Crippen molar-refractivity contribution in [1.29, 1.82) is 0 Å². The van der Waals surface area contributed by atoms with Crippen molar-refractivity contribution >= 4 is 35.6 Å². The van der Waals surface area contributed by atoms with Crippen molar-refractivity contribution in [3.8, 4) is 0 Å². The van der Waals surface area contributed by atoms with Gasteiger partial charge in [-0.25, -0.2) is 9.59 Å². The maximum atomic E-state index is 13.3. The molecule has 11 saturated heterocycles. The third kappa shape index (κ3) is 27.0. The van der Waals surface area contributed by atoms with Crippen LogP contribution in [-0.2, 0) is 133 Å². The Morgan fingerprint density at radius 1 is 0.342 bits per heavy atom. The van der Waals surface area contributed by atoms with E-state index in [1.54, 1.807) is 0 Å². The van der Waals surface area contributed by atoms with Crippen LogP contribution in [0, 0.1) is 11.8 Å². The summed E-state index contributed by atoms with van der Waals surface area (Å²) in [6.45, 7) is -8.62. The molecule has 4 amide bonds. The summed E-state index contributed by atoms with van der Waals surface area (Å²) >= 11 is 0. The number of carboxylic acids is 2. The van der Waals surface area contributed by atoms with Crippen LogP contribution in [0.1, 0.15) is 54.4 Å². The SMILES string of the molecule is CC(=O)NC1C(OC2C(OCC3OC(OC4C(CO)OC(OC5C(CO)OC(OCCN)C(NC(C)=O)C5O)C(NC(C)=O)C4O)C(O)C(OC4OC(CO)C(O)C(O)C4OC4OC(CO)C(OC5OC(COC6(C(=O)O)CC(O)C(C)C(CO)([C@H](O)CO)O6)C(O)C(O)C5O)C(O)C4NC(C)=O)C3O)OC(CO)C(O)C2O)OC(CO)C(OC2OC(COC3(C(=O)O)CC(O)C(C)C([C@H](O)[C@H](O)CO)O3)C(O)C(O)C2O)C1O. The van der Waals surface area contributed by atoms with Crippen LogP contribution in [0.4, 0.5) is 0 Å². The van der Waals surface area contributed by atoms with Gasteiger partial charge < -0.3 is 295 Å². The van der Waals surface area contributed by atoms with Crippen LogP contribution in [0.15, 0.2) is 0 Å². The molecule has 0 aromatic carbocycles. The first-order chi connectivity index (χ1) is 70.3. The lowest BCUT2D eigenvalue weighted by Crippen LogP contribution is -2.71. The highest BCUT2D eigenvalue weighted by Crippen LogP contribution is 2.47. The Bertz CT molecular complexity index is 4230. The Morgan fingerprint density at radius 3 is 1.05 bits per heavy atom. The molecule has 862 valence electrons. The zero-order valence-electron chi connectivity index (χ0n) is 80.7. The number of aliphatic hydroxyl groups excluding tert-OH is 30. The quantitative estimate of drug-likeness (QED) is 0.0269. The van der Waals surface area contributed by atoms with Crippen molar-refractivity contribution in [3.05, 3.63) is 0 Å². The lowest BCUT2D eigenvalue weighted by molar-refractivity contribution is -0.399. The summed E-state index contributed by atoms with van der Waals surface area (Å²) in [6.07, 6.45) is -105. The maximum Gasteiger partial charge on any atom is 0.364 e. The van der Waals surface area contributed by atoms with Gasteiger partial charge in [0.1, 0.15) is 243 Å². The van der Waals surface area contributed by atoms with E-state index in [0.29, 0.717) is 0 Å². The van der Waals surface area contributed by atoms with E-state index in [1.165, 1.54) is 13.8 Å². The van der Waals surface area contributed by atoms with Crippen LogP contribution in [0.5, 0.6) is 0 Å². The minimum Gasteiger partial charge on any atom is -0.477 e. The van der Waals surface area contributed by atoms with Gasteiger partial charge in [0.05, 0.1) is 104 Å². The lowest BCUT2D eigenvalue weighted by atomic mass is 9.75. The average molecular weight is 2180 g/mol. The highest BCUT2D eigenvalue weighted by atomic mass is 16.8. The van der Waals surface area contributed by atoms with Gasteiger partial charge in [0.15, 0.2) is 56.6 Å². The highest BCUT2D eigenvalue weighted by Gasteiger charge is 2.66. The number of aliphatic hydroxyl groups is 30. The van der Waals surface area contributed by atoms with E-state index in [-0.39, 0.29) is 13.2 Å². The molecule has 11 fully saturated rings. The number of nitrogens with one attached hydrogen (secondary N) is 4. The molecule has 65 heteroatoms. The van der Waals surface area contributed by atoms with Gasteiger partial charge in [-0.15, -0.1) is 0 Å². The van der Waals surface area contributed by atoms with Gasteiger partial charge in [-0.3, -0.25) is 19.2 Å². The normalized spacial score (nSPS) is 47.1. The Labute approximate surface area is 844 Å². The minimum atomic E-state index is -3.07. The number of hydrogen-bond donors (Lipinski definition) is 37. The summed E-state index contributed by atoms with van der Waals surface area (Å²) in [4.78, 5) is 78.4. The molecule has 11 heterocycles.